The minimum atomic E-state index is -0.169. The molecule has 0 spiro atoms. The van der Waals surface area contributed by atoms with Crippen molar-refractivity contribution in [1.29, 1.82) is 0 Å². The molecule has 0 radical (unpaired) electrons. The molecule has 3 unspecified atom stereocenters. The molecule has 1 fully saturated rings. The average molecular weight is 397 g/mol. The van der Waals surface area contributed by atoms with E-state index in [-0.39, 0.29) is 10.8 Å². The third-order valence-corrected chi connectivity index (χ3v) is 8.20. The first-order valence-corrected chi connectivity index (χ1v) is 11.7. The lowest BCUT2D eigenvalue weighted by Gasteiger charge is -2.57. The Hall–Kier alpha value is -2.34. The number of rotatable bonds is 5. The van der Waals surface area contributed by atoms with E-state index in [0.717, 1.165) is 11.8 Å². The largest absolute Gasteiger partial charge is 0.0625 e. The van der Waals surface area contributed by atoms with Crippen LogP contribution in [-0.2, 0) is 5.41 Å². The Morgan fingerprint density at radius 2 is 1.13 bits per heavy atom. The summed E-state index contributed by atoms with van der Waals surface area (Å²) < 4.78 is 0. The fraction of sp³-hybridized carbons (Fsp3) is 0.400. The Morgan fingerprint density at radius 1 is 0.733 bits per heavy atom. The molecule has 3 atom stereocenters. The van der Waals surface area contributed by atoms with Gasteiger partial charge in [0.2, 0.25) is 0 Å². The summed E-state index contributed by atoms with van der Waals surface area (Å²) in [4.78, 5) is 0. The first-order chi connectivity index (χ1) is 14.5. The smallest absolute Gasteiger partial charge is 0.0507 e. The summed E-state index contributed by atoms with van der Waals surface area (Å²) in [7, 11) is 0. The molecule has 156 valence electrons. The van der Waals surface area contributed by atoms with Gasteiger partial charge in [-0.25, -0.2) is 0 Å². The second-order valence-electron chi connectivity index (χ2n) is 9.95. The second-order valence-corrected chi connectivity index (χ2v) is 9.95. The molecule has 0 N–H and O–H groups in total. The van der Waals surface area contributed by atoms with Crippen molar-refractivity contribution in [2.24, 2.45) is 23.2 Å². The maximum absolute atomic E-state index is 2.57. The number of hydrogen-bond donors (Lipinski definition) is 0. The number of benzene rings is 3. The molecule has 1 aliphatic carbocycles. The van der Waals surface area contributed by atoms with Crippen LogP contribution in [0, 0.1) is 23.2 Å². The molecule has 0 aliphatic heterocycles. The summed E-state index contributed by atoms with van der Waals surface area (Å²) in [5, 5.41) is 0. The second kappa shape index (κ2) is 8.42. The zero-order valence-electron chi connectivity index (χ0n) is 19.0. The predicted octanol–water partition coefficient (Wildman–Crippen LogP) is 8.12. The van der Waals surface area contributed by atoms with E-state index in [4.69, 9.17) is 0 Å². The third kappa shape index (κ3) is 3.31. The number of hydrogen-bond acceptors (Lipinski definition) is 0. The summed E-state index contributed by atoms with van der Waals surface area (Å²) in [6.45, 7) is 9.89. The SMILES string of the molecule is CC(C)C1CCC(C)(C(c2ccccc2)(c2ccccc2)c2ccccc2)C(C)C1. The average Bonchev–Trinajstić information content (AvgIpc) is 2.78. The molecule has 3 aromatic carbocycles. The standard InChI is InChI=1S/C30H36/c1-23(2)25-20-21-29(4,24(3)22-25)30(26-14-8-5-9-15-26,27-16-10-6-11-17-27)28-18-12-7-13-19-28/h5-19,23-25H,20-22H2,1-4H3. The van der Waals surface area contributed by atoms with E-state index in [2.05, 4.69) is 119 Å². The molecule has 0 nitrogen and oxygen atoms in total. The van der Waals surface area contributed by atoms with E-state index in [9.17, 15) is 0 Å². The van der Waals surface area contributed by atoms with Gasteiger partial charge in [-0.05, 0) is 59.1 Å². The van der Waals surface area contributed by atoms with Crippen LogP contribution in [0.1, 0.15) is 63.6 Å². The summed E-state index contributed by atoms with van der Waals surface area (Å²) in [6.07, 6.45) is 3.87. The van der Waals surface area contributed by atoms with E-state index in [1.54, 1.807) is 0 Å². The van der Waals surface area contributed by atoms with Crippen molar-refractivity contribution in [2.45, 2.75) is 52.4 Å². The zero-order valence-corrected chi connectivity index (χ0v) is 19.0. The third-order valence-electron chi connectivity index (χ3n) is 8.20. The van der Waals surface area contributed by atoms with Gasteiger partial charge >= 0.3 is 0 Å². The van der Waals surface area contributed by atoms with Gasteiger partial charge in [0.15, 0.2) is 0 Å². The van der Waals surface area contributed by atoms with Crippen molar-refractivity contribution in [1.82, 2.24) is 0 Å². The van der Waals surface area contributed by atoms with Crippen LogP contribution in [0.2, 0.25) is 0 Å². The van der Waals surface area contributed by atoms with Gasteiger partial charge in [-0.2, -0.15) is 0 Å². The minimum Gasteiger partial charge on any atom is -0.0625 e. The van der Waals surface area contributed by atoms with E-state index < -0.39 is 0 Å². The van der Waals surface area contributed by atoms with Crippen molar-refractivity contribution >= 4 is 0 Å². The van der Waals surface area contributed by atoms with Gasteiger partial charge in [0.25, 0.3) is 0 Å². The Labute approximate surface area is 183 Å². The monoisotopic (exact) mass is 396 g/mol. The van der Waals surface area contributed by atoms with Crippen LogP contribution in [0.3, 0.4) is 0 Å². The molecule has 3 aromatic rings. The molecule has 0 amide bonds. The highest BCUT2D eigenvalue weighted by atomic mass is 14.6. The van der Waals surface area contributed by atoms with Crippen molar-refractivity contribution in [3.05, 3.63) is 108 Å². The van der Waals surface area contributed by atoms with Crippen molar-refractivity contribution in [2.75, 3.05) is 0 Å². The van der Waals surface area contributed by atoms with Crippen molar-refractivity contribution in [3.63, 3.8) is 0 Å². The van der Waals surface area contributed by atoms with Crippen molar-refractivity contribution in [3.8, 4) is 0 Å². The highest BCUT2D eigenvalue weighted by Gasteiger charge is 2.55. The van der Waals surface area contributed by atoms with Gasteiger partial charge in [-0.1, -0.05) is 119 Å². The normalized spacial score (nSPS) is 24.7. The first-order valence-electron chi connectivity index (χ1n) is 11.7. The minimum absolute atomic E-state index is 0.127. The Morgan fingerprint density at radius 3 is 1.47 bits per heavy atom. The van der Waals surface area contributed by atoms with Crippen molar-refractivity contribution < 1.29 is 0 Å². The lowest BCUT2D eigenvalue weighted by Crippen LogP contribution is -2.52. The van der Waals surface area contributed by atoms with E-state index in [0.29, 0.717) is 5.92 Å². The molecule has 0 aromatic heterocycles. The van der Waals surface area contributed by atoms with Gasteiger partial charge in [0.1, 0.15) is 0 Å². The highest BCUT2D eigenvalue weighted by molar-refractivity contribution is 5.53. The molecule has 0 heterocycles. The van der Waals surface area contributed by atoms with Gasteiger partial charge in [-0.3, -0.25) is 0 Å². The van der Waals surface area contributed by atoms with E-state index in [1.165, 1.54) is 36.0 Å². The summed E-state index contributed by atoms with van der Waals surface area (Å²) >= 11 is 0. The quantitative estimate of drug-likeness (QED) is 0.382. The van der Waals surface area contributed by atoms with Gasteiger partial charge in [0.05, 0.1) is 5.41 Å². The van der Waals surface area contributed by atoms with Crippen LogP contribution >= 0.6 is 0 Å². The topological polar surface area (TPSA) is 0 Å². The summed E-state index contributed by atoms with van der Waals surface area (Å²) in [5.41, 5.74) is 4.21. The maximum atomic E-state index is 2.57. The summed E-state index contributed by atoms with van der Waals surface area (Å²) in [5.74, 6) is 2.21. The van der Waals surface area contributed by atoms with Gasteiger partial charge in [-0.15, -0.1) is 0 Å². The van der Waals surface area contributed by atoms with Crippen LogP contribution < -0.4 is 0 Å². The molecule has 30 heavy (non-hydrogen) atoms. The predicted molar refractivity (Wildman–Crippen MR) is 129 cm³/mol. The molecular formula is C30H36. The molecule has 0 bridgehead atoms. The Bertz CT molecular complexity index is 829. The molecule has 0 heteroatoms. The first kappa shape index (κ1) is 20.9. The molecular weight excluding hydrogens is 360 g/mol. The molecule has 4 rings (SSSR count). The van der Waals surface area contributed by atoms with Crippen LogP contribution in [0.15, 0.2) is 91.0 Å². The molecule has 1 saturated carbocycles. The summed E-state index contributed by atoms with van der Waals surface area (Å²) in [6, 6.07) is 33.8. The van der Waals surface area contributed by atoms with Gasteiger partial charge in [0, 0.05) is 0 Å². The fourth-order valence-electron chi connectivity index (χ4n) is 6.28. The Kier molecular flexibility index (Phi) is 5.87. The Balaban J connectivity index is 2.01. The lowest BCUT2D eigenvalue weighted by molar-refractivity contribution is 0.0291. The molecule has 1 aliphatic rings. The van der Waals surface area contributed by atoms with Crippen LogP contribution in [0.4, 0.5) is 0 Å². The van der Waals surface area contributed by atoms with Gasteiger partial charge < -0.3 is 0 Å². The molecule has 0 saturated heterocycles. The maximum Gasteiger partial charge on any atom is 0.0507 e. The van der Waals surface area contributed by atoms with Crippen LogP contribution in [-0.4, -0.2) is 0 Å². The lowest BCUT2D eigenvalue weighted by atomic mass is 9.46. The van der Waals surface area contributed by atoms with Crippen LogP contribution in [0.25, 0.3) is 0 Å². The zero-order chi connectivity index (χ0) is 21.2. The van der Waals surface area contributed by atoms with Crippen LogP contribution in [0.5, 0.6) is 0 Å². The van der Waals surface area contributed by atoms with E-state index in [1.807, 2.05) is 0 Å². The highest BCUT2D eigenvalue weighted by Crippen LogP contribution is 2.61. The van der Waals surface area contributed by atoms with E-state index >= 15 is 0 Å². The fourth-order valence-corrected chi connectivity index (χ4v) is 6.28.